The summed E-state index contributed by atoms with van der Waals surface area (Å²) in [5.41, 5.74) is 4.29. The van der Waals surface area contributed by atoms with Gasteiger partial charge in [0.05, 0.1) is 37.6 Å². The molecule has 2 aromatic carbocycles. The number of nitrogens with zero attached hydrogens (tertiary/aromatic N) is 3. The van der Waals surface area contributed by atoms with Gasteiger partial charge in [0, 0.05) is 72.7 Å². The molecule has 2 saturated heterocycles. The minimum absolute atomic E-state index is 0.00405. The molecule has 346 valence electrons. The van der Waals surface area contributed by atoms with E-state index in [4.69, 9.17) is 42.1 Å². The van der Waals surface area contributed by atoms with Crippen molar-refractivity contribution >= 4 is 29.1 Å². The summed E-state index contributed by atoms with van der Waals surface area (Å²) in [4.78, 5) is 21.2. The van der Waals surface area contributed by atoms with Crippen LogP contribution in [0.1, 0.15) is 61.6 Å². The first-order chi connectivity index (χ1) is 30.3. The lowest BCUT2D eigenvalue weighted by atomic mass is 9.96. The standard InChI is InChI=1S/C45H59Cl2N3O13/c46-32-20-27(25-60-45(12-13-45)31-21-48-14-11-29(31)30-6-2-3-7-36(30)61-28-9-10-28)33(47)19-26(32)5-1-4-8-38(55)50-17-15-49(16-18-50)22-34(53)39(56)43(35(54)23-51)63-44-42(59)41(58)40(57)37(24-52)62-44/h2-3,6-7,11,14,19-21,28,34-35,37,39-44,51-54,56-59H,1,4-5,8-10,12-13,15-18,22-25H2/t34-,35+,37+,39+,40-,41-,42?,43+,44-/m0/s1. The quantitative estimate of drug-likeness (QED) is 0.0714. The van der Waals surface area contributed by atoms with Gasteiger partial charge in [-0.05, 0) is 85.9 Å². The molecule has 8 N–H and O–H groups in total. The maximum atomic E-state index is 13.1. The van der Waals surface area contributed by atoms with Crippen molar-refractivity contribution in [3.63, 3.8) is 0 Å². The fourth-order valence-corrected chi connectivity index (χ4v) is 8.78. The first-order valence-corrected chi connectivity index (χ1v) is 22.5. The van der Waals surface area contributed by atoms with Crippen LogP contribution in [0.3, 0.4) is 0 Å². The van der Waals surface area contributed by atoms with E-state index in [0.29, 0.717) is 61.9 Å². The van der Waals surface area contributed by atoms with Crippen molar-refractivity contribution in [1.29, 1.82) is 0 Å². The lowest BCUT2D eigenvalue weighted by Gasteiger charge is -2.42. The molecule has 2 saturated carbocycles. The summed E-state index contributed by atoms with van der Waals surface area (Å²) in [5.74, 6) is 0.863. The highest BCUT2D eigenvalue weighted by molar-refractivity contribution is 6.34. The number of halogens is 2. The van der Waals surface area contributed by atoms with Gasteiger partial charge in [-0.1, -0.05) is 41.4 Å². The van der Waals surface area contributed by atoms with E-state index in [1.165, 1.54) is 0 Å². The number of hydrogen-bond acceptors (Lipinski definition) is 15. The number of aryl methyl sites for hydroxylation is 1. The number of aliphatic hydroxyl groups excluding tert-OH is 8. The van der Waals surface area contributed by atoms with Crippen LogP contribution in [0.25, 0.3) is 11.1 Å². The Morgan fingerprint density at radius 2 is 1.60 bits per heavy atom. The average molecular weight is 921 g/mol. The van der Waals surface area contributed by atoms with Crippen LogP contribution in [-0.2, 0) is 37.6 Å². The molecule has 3 aromatic rings. The van der Waals surface area contributed by atoms with Crippen molar-refractivity contribution in [2.45, 2.75) is 125 Å². The third-order valence-electron chi connectivity index (χ3n) is 12.4. The number of hydrogen-bond donors (Lipinski definition) is 8. The lowest BCUT2D eigenvalue weighted by Crippen LogP contribution is -2.62. The van der Waals surface area contributed by atoms with Crippen molar-refractivity contribution in [3.05, 3.63) is 81.6 Å². The molecule has 9 atom stereocenters. The molecule has 0 spiro atoms. The largest absolute Gasteiger partial charge is 0.490 e. The Labute approximate surface area is 376 Å². The minimum atomic E-state index is -1.82. The summed E-state index contributed by atoms with van der Waals surface area (Å²) in [5, 5.41) is 83.0. The molecule has 1 amide bonds. The second-order valence-electron chi connectivity index (χ2n) is 17.0. The molecule has 2 aliphatic heterocycles. The zero-order chi connectivity index (χ0) is 44.8. The zero-order valence-electron chi connectivity index (χ0n) is 35.0. The Bertz CT molecular complexity index is 1980. The molecule has 2 aliphatic carbocycles. The van der Waals surface area contributed by atoms with E-state index in [9.17, 15) is 45.6 Å². The van der Waals surface area contributed by atoms with Crippen molar-refractivity contribution in [3.8, 4) is 16.9 Å². The number of β-amino-alcohol motifs (C(OH)–C–C–N with tert-alkyl or cyclic N) is 1. The molecular formula is C45H59Cl2N3O13. The Morgan fingerprint density at radius 1 is 0.889 bits per heavy atom. The molecule has 4 fully saturated rings. The van der Waals surface area contributed by atoms with Gasteiger partial charge in [0.25, 0.3) is 0 Å². The van der Waals surface area contributed by atoms with Crippen LogP contribution >= 0.6 is 23.2 Å². The molecule has 0 bridgehead atoms. The number of rotatable bonds is 21. The second-order valence-corrected chi connectivity index (χ2v) is 17.9. The van der Waals surface area contributed by atoms with Gasteiger partial charge in [0.1, 0.15) is 48.5 Å². The number of pyridine rings is 1. The monoisotopic (exact) mass is 919 g/mol. The summed E-state index contributed by atoms with van der Waals surface area (Å²) >= 11 is 13.6. The van der Waals surface area contributed by atoms with Crippen LogP contribution < -0.4 is 4.74 Å². The number of para-hydroxylation sites is 1. The van der Waals surface area contributed by atoms with E-state index in [0.717, 1.165) is 59.3 Å². The Kier molecular flexibility index (Phi) is 16.4. The van der Waals surface area contributed by atoms with E-state index < -0.39 is 73.9 Å². The average Bonchev–Trinajstić information content (AvgIpc) is 4.25. The fraction of sp³-hybridized carbons (Fsp3) is 0.600. The highest BCUT2D eigenvalue weighted by atomic mass is 35.5. The summed E-state index contributed by atoms with van der Waals surface area (Å²) in [6, 6.07) is 13.9. The third-order valence-corrected chi connectivity index (χ3v) is 13.1. The molecule has 7 rings (SSSR count). The van der Waals surface area contributed by atoms with Gasteiger partial charge in [-0.15, -0.1) is 0 Å². The predicted molar refractivity (Wildman–Crippen MR) is 230 cm³/mol. The number of amides is 1. The van der Waals surface area contributed by atoms with Gasteiger partial charge in [0.15, 0.2) is 6.29 Å². The van der Waals surface area contributed by atoms with Crippen molar-refractivity contribution in [2.24, 2.45) is 0 Å². The summed E-state index contributed by atoms with van der Waals surface area (Å²) in [7, 11) is 0. The number of piperazine rings is 1. The molecule has 16 nitrogen and oxygen atoms in total. The molecule has 0 radical (unpaired) electrons. The van der Waals surface area contributed by atoms with Crippen LogP contribution in [0.4, 0.5) is 0 Å². The smallest absolute Gasteiger partial charge is 0.222 e. The van der Waals surface area contributed by atoms with Gasteiger partial charge in [0.2, 0.25) is 5.91 Å². The Morgan fingerprint density at radius 3 is 2.30 bits per heavy atom. The van der Waals surface area contributed by atoms with Gasteiger partial charge in [-0.3, -0.25) is 14.7 Å². The first-order valence-electron chi connectivity index (χ1n) is 21.7. The lowest BCUT2D eigenvalue weighted by molar-refractivity contribution is -0.327. The number of carbonyl (C=O) groups excluding carboxylic acids is 1. The van der Waals surface area contributed by atoms with E-state index in [-0.39, 0.29) is 25.2 Å². The summed E-state index contributed by atoms with van der Waals surface area (Å²) in [6.07, 6.45) is -4.81. The molecular weight excluding hydrogens is 861 g/mol. The molecule has 63 heavy (non-hydrogen) atoms. The van der Waals surface area contributed by atoms with Crippen LogP contribution in [0.5, 0.6) is 5.75 Å². The van der Waals surface area contributed by atoms with Crippen LogP contribution in [-0.4, -0.2) is 169 Å². The number of carbonyl (C=O) groups is 1. The maximum Gasteiger partial charge on any atom is 0.222 e. The predicted octanol–water partition coefficient (Wildman–Crippen LogP) is 1.92. The second kappa shape index (κ2) is 21.5. The molecule has 1 aromatic heterocycles. The third kappa shape index (κ3) is 11.7. The van der Waals surface area contributed by atoms with E-state index >= 15 is 0 Å². The van der Waals surface area contributed by atoms with Crippen LogP contribution in [0.2, 0.25) is 10.0 Å². The van der Waals surface area contributed by atoms with Crippen LogP contribution in [0, 0.1) is 0 Å². The fourth-order valence-electron chi connectivity index (χ4n) is 8.26. The number of aromatic nitrogens is 1. The number of unbranched alkanes of at least 4 members (excludes halogenated alkanes) is 1. The Balaban J connectivity index is 0.844. The molecule has 1 unspecified atom stereocenters. The van der Waals surface area contributed by atoms with Crippen molar-refractivity contribution < 1.29 is 64.6 Å². The minimum Gasteiger partial charge on any atom is -0.490 e. The topological polar surface area (TPSA) is 235 Å². The number of benzene rings is 2. The maximum absolute atomic E-state index is 13.1. The van der Waals surface area contributed by atoms with Crippen molar-refractivity contribution in [1.82, 2.24) is 14.8 Å². The number of ether oxygens (including phenoxy) is 4. The van der Waals surface area contributed by atoms with Gasteiger partial charge in [-0.25, -0.2) is 0 Å². The normalized spacial score (nSPS) is 25.6. The van der Waals surface area contributed by atoms with Gasteiger partial charge in [-0.2, -0.15) is 0 Å². The van der Waals surface area contributed by atoms with E-state index in [1.807, 2.05) is 47.5 Å². The molecule has 18 heteroatoms. The van der Waals surface area contributed by atoms with E-state index in [2.05, 4.69) is 11.1 Å². The first kappa shape index (κ1) is 47.9. The number of aliphatic hydroxyl groups is 8. The zero-order valence-corrected chi connectivity index (χ0v) is 36.5. The highest BCUT2D eigenvalue weighted by Gasteiger charge is 2.49. The molecule has 3 heterocycles. The van der Waals surface area contributed by atoms with Gasteiger partial charge >= 0.3 is 0 Å². The van der Waals surface area contributed by atoms with Gasteiger partial charge < -0.3 is 64.7 Å². The summed E-state index contributed by atoms with van der Waals surface area (Å²) in [6.45, 7) is 0.188. The van der Waals surface area contributed by atoms with Crippen molar-refractivity contribution in [2.75, 3.05) is 45.9 Å². The SMILES string of the molecule is O=C(CCCCc1cc(Cl)c(COC2(c3cnccc3-c3ccccc3OC3CC3)CC2)cc1Cl)N1CCN(C[C@H](O)[C@@H](O)[C@H](O[C@@H]2O[C@H](CO)[C@H](O)[C@H](O)C2O)[C@H](O)CO)CC1. The Hall–Kier alpha value is -3.04. The highest BCUT2D eigenvalue weighted by Crippen LogP contribution is 2.53. The van der Waals surface area contributed by atoms with Crippen LogP contribution in [0.15, 0.2) is 54.9 Å². The summed E-state index contributed by atoms with van der Waals surface area (Å²) < 4.78 is 23.7. The molecule has 4 aliphatic rings. The van der Waals surface area contributed by atoms with E-state index in [1.54, 1.807) is 11.1 Å².